The van der Waals surface area contributed by atoms with E-state index in [0.29, 0.717) is 0 Å². The summed E-state index contributed by atoms with van der Waals surface area (Å²) in [6.07, 6.45) is 2.91. The monoisotopic (exact) mass is 262 g/mol. The van der Waals surface area contributed by atoms with Crippen molar-refractivity contribution in [1.82, 2.24) is 15.2 Å². The van der Waals surface area contributed by atoms with Crippen molar-refractivity contribution in [2.24, 2.45) is 0 Å². The maximum atomic E-state index is 4.24. The van der Waals surface area contributed by atoms with E-state index >= 15 is 0 Å². The molecule has 0 aliphatic carbocycles. The normalized spacial score (nSPS) is 10.5. The Morgan fingerprint density at radius 1 is 1.37 bits per heavy atom. The van der Waals surface area contributed by atoms with Crippen LogP contribution in [0.15, 0.2) is 30.7 Å². The van der Waals surface area contributed by atoms with Gasteiger partial charge in [0.05, 0.1) is 5.82 Å². The van der Waals surface area contributed by atoms with Crippen molar-refractivity contribution >= 4 is 5.82 Å². The lowest BCUT2D eigenvalue weighted by atomic mass is 10.3. The maximum Gasteiger partial charge on any atom is 0.131 e. The van der Waals surface area contributed by atoms with Gasteiger partial charge in [0.15, 0.2) is 0 Å². The molecule has 1 rings (SSSR count). The lowest BCUT2D eigenvalue weighted by molar-refractivity contribution is 0.299. The zero-order valence-corrected chi connectivity index (χ0v) is 12.4. The summed E-state index contributed by atoms with van der Waals surface area (Å²) in [6.45, 7) is 14.7. The topological polar surface area (TPSA) is 40.2 Å². The Bertz CT molecular complexity index is 385. The minimum absolute atomic E-state index is 0.803. The predicted octanol–water partition coefficient (Wildman–Crippen LogP) is 2.59. The molecule has 0 spiro atoms. The number of rotatable bonds is 9. The van der Waals surface area contributed by atoms with E-state index in [0.717, 1.165) is 44.2 Å². The number of nitrogens with one attached hydrogen (secondary N) is 2. The van der Waals surface area contributed by atoms with Gasteiger partial charge < -0.3 is 15.5 Å². The second kappa shape index (κ2) is 8.53. The van der Waals surface area contributed by atoms with Gasteiger partial charge in [-0.25, -0.2) is 4.98 Å². The quantitative estimate of drug-likeness (QED) is 0.671. The van der Waals surface area contributed by atoms with Crippen LogP contribution in [0.25, 0.3) is 0 Å². The second-order valence-electron chi connectivity index (χ2n) is 4.63. The highest BCUT2D eigenvalue weighted by atomic mass is 15.1. The molecule has 0 saturated carbocycles. The molecule has 0 unspecified atom stereocenters. The van der Waals surface area contributed by atoms with Crippen LogP contribution in [0.3, 0.4) is 0 Å². The van der Waals surface area contributed by atoms with Gasteiger partial charge in [-0.05, 0) is 50.7 Å². The molecule has 1 heterocycles. The average Bonchev–Trinajstić information content (AvgIpc) is 2.39. The summed E-state index contributed by atoms with van der Waals surface area (Å²) >= 11 is 0. The summed E-state index contributed by atoms with van der Waals surface area (Å²) in [7, 11) is 0. The zero-order valence-electron chi connectivity index (χ0n) is 12.4. The number of aryl methyl sites for hydroxylation is 1. The third kappa shape index (κ3) is 6.25. The SMILES string of the molecule is C=C(NCCCN(CC)CC)Nc1cc(C)ccn1. The highest BCUT2D eigenvalue weighted by Gasteiger charge is 1.99. The number of pyridine rings is 1. The Hall–Kier alpha value is -1.55. The predicted molar refractivity (Wildman–Crippen MR) is 82.1 cm³/mol. The summed E-state index contributed by atoms with van der Waals surface area (Å²) in [5.41, 5.74) is 1.19. The molecule has 0 bridgehead atoms. The molecular formula is C15H26N4. The van der Waals surface area contributed by atoms with E-state index in [-0.39, 0.29) is 0 Å². The number of aromatic nitrogens is 1. The molecular weight excluding hydrogens is 236 g/mol. The highest BCUT2D eigenvalue weighted by Crippen LogP contribution is 2.06. The Balaban J connectivity index is 2.21. The van der Waals surface area contributed by atoms with Gasteiger partial charge in [-0.15, -0.1) is 0 Å². The molecule has 0 aromatic carbocycles. The highest BCUT2D eigenvalue weighted by molar-refractivity contribution is 5.41. The summed E-state index contributed by atoms with van der Waals surface area (Å²) in [5.74, 6) is 1.64. The van der Waals surface area contributed by atoms with E-state index in [1.807, 2.05) is 19.1 Å². The van der Waals surface area contributed by atoms with E-state index in [4.69, 9.17) is 0 Å². The molecule has 1 aromatic heterocycles. The first-order valence-electron chi connectivity index (χ1n) is 7.00. The largest absolute Gasteiger partial charge is 0.372 e. The minimum Gasteiger partial charge on any atom is -0.372 e. The van der Waals surface area contributed by atoms with Gasteiger partial charge in [-0.2, -0.15) is 0 Å². The molecule has 1 aromatic rings. The molecule has 4 heteroatoms. The fourth-order valence-electron chi connectivity index (χ4n) is 1.89. The smallest absolute Gasteiger partial charge is 0.131 e. The van der Waals surface area contributed by atoms with Gasteiger partial charge in [-0.1, -0.05) is 20.4 Å². The van der Waals surface area contributed by atoms with Crippen molar-refractivity contribution in [3.05, 3.63) is 36.3 Å². The summed E-state index contributed by atoms with van der Waals surface area (Å²) in [4.78, 5) is 6.66. The molecule has 106 valence electrons. The van der Waals surface area contributed by atoms with Crippen molar-refractivity contribution in [3.8, 4) is 0 Å². The third-order valence-corrected chi connectivity index (χ3v) is 3.08. The lowest BCUT2D eigenvalue weighted by Gasteiger charge is -2.18. The molecule has 0 radical (unpaired) electrons. The van der Waals surface area contributed by atoms with Gasteiger partial charge in [0, 0.05) is 12.7 Å². The first-order valence-corrected chi connectivity index (χ1v) is 7.00. The van der Waals surface area contributed by atoms with Crippen LogP contribution in [0.4, 0.5) is 5.82 Å². The standard InChI is InChI=1S/C15H26N4/c1-5-19(6-2)11-7-9-16-14(4)18-15-12-13(3)8-10-17-15/h8,10,12,16H,4-7,9,11H2,1-3H3,(H,17,18). The van der Waals surface area contributed by atoms with Gasteiger partial charge in [-0.3, -0.25) is 0 Å². The van der Waals surface area contributed by atoms with Crippen molar-refractivity contribution < 1.29 is 0 Å². The maximum absolute atomic E-state index is 4.24. The molecule has 4 nitrogen and oxygen atoms in total. The van der Waals surface area contributed by atoms with Gasteiger partial charge >= 0.3 is 0 Å². The van der Waals surface area contributed by atoms with E-state index in [1.54, 1.807) is 6.20 Å². The molecule has 19 heavy (non-hydrogen) atoms. The summed E-state index contributed by atoms with van der Waals surface area (Å²) in [6, 6.07) is 3.98. The average molecular weight is 262 g/mol. The number of hydrogen-bond acceptors (Lipinski definition) is 4. The van der Waals surface area contributed by atoms with Crippen LogP contribution in [-0.4, -0.2) is 36.1 Å². The number of anilines is 1. The van der Waals surface area contributed by atoms with E-state index in [2.05, 4.69) is 40.9 Å². The van der Waals surface area contributed by atoms with E-state index in [1.165, 1.54) is 5.56 Å². The zero-order chi connectivity index (χ0) is 14.1. The molecule has 0 saturated heterocycles. The van der Waals surface area contributed by atoms with Crippen LogP contribution in [0.1, 0.15) is 25.8 Å². The van der Waals surface area contributed by atoms with Crippen LogP contribution >= 0.6 is 0 Å². The van der Waals surface area contributed by atoms with E-state index < -0.39 is 0 Å². The number of nitrogens with zero attached hydrogens (tertiary/aromatic N) is 2. The molecule has 0 fully saturated rings. The fraction of sp³-hybridized carbons (Fsp3) is 0.533. The van der Waals surface area contributed by atoms with Crippen molar-refractivity contribution in [3.63, 3.8) is 0 Å². The first-order chi connectivity index (χ1) is 9.15. The first kappa shape index (κ1) is 15.5. The van der Waals surface area contributed by atoms with Crippen LogP contribution in [-0.2, 0) is 0 Å². The molecule has 2 N–H and O–H groups in total. The van der Waals surface area contributed by atoms with Crippen molar-refractivity contribution in [2.45, 2.75) is 27.2 Å². The van der Waals surface area contributed by atoms with Crippen LogP contribution in [0, 0.1) is 6.92 Å². The minimum atomic E-state index is 0.803. The van der Waals surface area contributed by atoms with Crippen molar-refractivity contribution in [1.29, 1.82) is 0 Å². The van der Waals surface area contributed by atoms with Gasteiger partial charge in [0.2, 0.25) is 0 Å². The summed E-state index contributed by atoms with van der Waals surface area (Å²) in [5, 5.41) is 6.45. The third-order valence-electron chi connectivity index (χ3n) is 3.08. The van der Waals surface area contributed by atoms with Crippen molar-refractivity contribution in [2.75, 3.05) is 31.5 Å². The lowest BCUT2D eigenvalue weighted by Crippen LogP contribution is -2.28. The van der Waals surface area contributed by atoms with Crippen LogP contribution in [0.5, 0.6) is 0 Å². The summed E-state index contributed by atoms with van der Waals surface area (Å²) < 4.78 is 0. The van der Waals surface area contributed by atoms with Crippen LogP contribution < -0.4 is 10.6 Å². The molecule has 0 amide bonds. The van der Waals surface area contributed by atoms with E-state index in [9.17, 15) is 0 Å². The number of hydrogen-bond donors (Lipinski definition) is 2. The Kier molecular flexibility index (Phi) is 6.97. The Morgan fingerprint density at radius 3 is 2.74 bits per heavy atom. The van der Waals surface area contributed by atoms with Crippen LogP contribution in [0.2, 0.25) is 0 Å². The molecule has 0 aliphatic heterocycles. The van der Waals surface area contributed by atoms with Gasteiger partial charge in [0.25, 0.3) is 0 Å². The Morgan fingerprint density at radius 2 is 2.11 bits per heavy atom. The second-order valence-corrected chi connectivity index (χ2v) is 4.63. The molecule has 0 atom stereocenters. The molecule has 0 aliphatic rings. The fourth-order valence-corrected chi connectivity index (χ4v) is 1.89. The van der Waals surface area contributed by atoms with Gasteiger partial charge in [0.1, 0.15) is 5.82 Å². The Labute approximate surface area is 116 Å².